The van der Waals surface area contributed by atoms with Crippen LogP contribution >= 0.6 is 11.6 Å². The second-order valence-corrected chi connectivity index (χ2v) is 10.4. The van der Waals surface area contributed by atoms with Gasteiger partial charge in [-0.15, -0.1) is 5.10 Å². The van der Waals surface area contributed by atoms with Crippen molar-refractivity contribution in [1.82, 2.24) is 20.0 Å². The monoisotopic (exact) mass is 527 g/mol. The molecule has 1 amide bonds. The van der Waals surface area contributed by atoms with Gasteiger partial charge >= 0.3 is 0 Å². The number of hydrogen-bond acceptors (Lipinski definition) is 8. The molecular formula is C27H26ClN9O. The van der Waals surface area contributed by atoms with Crippen molar-refractivity contribution in [3.05, 3.63) is 76.2 Å². The average molecular weight is 528 g/mol. The Morgan fingerprint density at radius 3 is 2.58 bits per heavy atom. The highest BCUT2D eigenvalue weighted by atomic mass is 35.5. The van der Waals surface area contributed by atoms with Crippen LogP contribution in [0.4, 0.5) is 11.4 Å². The third-order valence-electron chi connectivity index (χ3n) is 5.70. The van der Waals surface area contributed by atoms with Gasteiger partial charge in [-0.3, -0.25) is 9.78 Å². The Labute approximate surface area is 225 Å². The van der Waals surface area contributed by atoms with Crippen molar-refractivity contribution in [3.8, 4) is 12.1 Å². The van der Waals surface area contributed by atoms with Crippen LogP contribution in [0.3, 0.4) is 0 Å². The van der Waals surface area contributed by atoms with Gasteiger partial charge in [-0.25, -0.2) is 4.68 Å². The van der Waals surface area contributed by atoms with E-state index < -0.39 is 11.9 Å². The number of rotatable bonds is 8. The van der Waals surface area contributed by atoms with Gasteiger partial charge in [-0.05, 0) is 29.2 Å². The van der Waals surface area contributed by atoms with Crippen molar-refractivity contribution in [2.24, 2.45) is 11.1 Å². The Bertz CT molecular complexity index is 1590. The second kappa shape index (κ2) is 10.8. The van der Waals surface area contributed by atoms with E-state index in [1.54, 1.807) is 18.3 Å². The number of hydrogen-bond donors (Lipinski definition) is 3. The highest BCUT2D eigenvalue weighted by Gasteiger charge is 2.23. The molecule has 0 saturated carbocycles. The van der Waals surface area contributed by atoms with Crippen LogP contribution in [0.5, 0.6) is 0 Å². The summed E-state index contributed by atoms with van der Waals surface area (Å²) in [5, 5.41) is 35.9. The Balaban J connectivity index is 1.85. The maximum atomic E-state index is 11.4. The number of benzene rings is 2. The van der Waals surface area contributed by atoms with Crippen molar-refractivity contribution in [2.75, 3.05) is 17.2 Å². The molecule has 38 heavy (non-hydrogen) atoms. The van der Waals surface area contributed by atoms with E-state index in [1.807, 2.05) is 24.3 Å². The maximum Gasteiger partial charge on any atom is 0.239 e. The summed E-state index contributed by atoms with van der Waals surface area (Å²) in [6, 6.07) is 14.6. The normalized spacial score (nSPS) is 11.9. The SMILES string of the molecule is CC(C)(C)CNc1c(C#N)cnc2c(C#N)cc(NC(c3cn(CC(N)=O)nn3)c3ccccc3Cl)cc12. The smallest absolute Gasteiger partial charge is 0.239 e. The van der Waals surface area contributed by atoms with Crippen LogP contribution in [-0.2, 0) is 11.3 Å². The molecule has 4 aromatic rings. The Morgan fingerprint density at radius 1 is 1.18 bits per heavy atom. The number of anilines is 2. The molecule has 0 aliphatic heterocycles. The molecule has 0 radical (unpaired) electrons. The topological polar surface area (TPSA) is 158 Å². The van der Waals surface area contributed by atoms with Gasteiger partial charge in [-0.2, -0.15) is 10.5 Å². The van der Waals surface area contributed by atoms with Gasteiger partial charge in [0.05, 0.1) is 34.6 Å². The molecular weight excluding hydrogens is 502 g/mol. The number of nitrogens with one attached hydrogen (secondary N) is 2. The first-order chi connectivity index (χ1) is 18.1. The molecule has 10 nitrogen and oxygen atoms in total. The summed E-state index contributed by atoms with van der Waals surface area (Å²) in [4.78, 5) is 15.8. The molecule has 4 N–H and O–H groups in total. The van der Waals surface area contributed by atoms with E-state index in [0.717, 1.165) is 0 Å². The Kier molecular flexibility index (Phi) is 7.47. The van der Waals surface area contributed by atoms with E-state index in [1.165, 1.54) is 10.9 Å². The van der Waals surface area contributed by atoms with Gasteiger partial charge in [0.1, 0.15) is 24.4 Å². The molecule has 0 aliphatic carbocycles. The van der Waals surface area contributed by atoms with Crippen LogP contribution in [0.25, 0.3) is 10.9 Å². The first-order valence-corrected chi connectivity index (χ1v) is 12.2. The van der Waals surface area contributed by atoms with Crippen LogP contribution in [0, 0.1) is 28.1 Å². The lowest BCUT2D eigenvalue weighted by Crippen LogP contribution is -2.20. The minimum Gasteiger partial charge on any atom is -0.383 e. The number of aromatic nitrogens is 4. The molecule has 0 aliphatic rings. The fourth-order valence-electron chi connectivity index (χ4n) is 3.97. The summed E-state index contributed by atoms with van der Waals surface area (Å²) in [5.41, 5.74) is 8.85. The lowest BCUT2D eigenvalue weighted by atomic mass is 9.96. The predicted molar refractivity (Wildman–Crippen MR) is 145 cm³/mol. The molecule has 0 bridgehead atoms. The zero-order valence-corrected chi connectivity index (χ0v) is 21.9. The predicted octanol–water partition coefficient (Wildman–Crippen LogP) is 4.37. The highest BCUT2D eigenvalue weighted by Crippen LogP contribution is 2.35. The number of amides is 1. The van der Waals surface area contributed by atoms with Crippen molar-refractivity contribution in [2.45, 2.75) is 33.4 Å². The number of halogens is 1. The van der Waals surface area contributed by atoms with Crippen LogP contribution in [0.2, 0.25) is 5.02 Å². The maximum absolute atomic E-state index is 11.4. The van der Waals surface area contributed by atoms with Crippen LogP contribution in [0.1, 0.15) is 49.2 Å². The number of primary amides is 1. The van der Waals surface area contributed by atoms with Crippen LogP contribution in [-0.4, -0.2) is 32.4 Å². The van der Waals surface area contributed by atoms with E-state index in [4.69, 9.17) is 17.3 Å². The zero-order valence-electron chi connectivity index (χ0n) is 21.2. The van der Waals surface area contributed by atoms with E-state index in [-0.39, 0.29) is 12.0 Å². The minimum atomic E-state index is -0.576. The number of pyridine rings is 1. The summed E-state index contributed by atoms with van der Waals surface area (Å²) in [6.07, 6.45) is 3.09. The lowest BCUT2D eigenvalue weighted by molar-refractivity contribution is -0.118. The molecule has 1 atom stereocenters. The summed E-state index contributed by atoms with van der Waals surface area (Å²) in [6.45, 7) is 6.74. The Morgan fingerprint density at radius 2 is 1.92 bits per heavy atom. The summed E-state index contributed by atoms with van der Waals surface area (Å²) >= 11 is 6.55. The molecule has 192 valence electrons. The fraction of sp³-hybridized carbons (Fsp3) is 0.259. The van der Waals surface area contributed by atoms with Gasteiger partial charge in [0, 0.05) is 28.8 Å². The molecule has 2 aromatic carbocycles. The number of nitrogens with two attached hydrogens (primary N) is 1. The molecule has 2 heterocycles. The van der Waals surface area contributed by atoms with Gasteiger partial charge in [0.25, 0.3) is 0 Å². The van der Waals surface area contributed by atoms with Crippen molar-refractivity contribution >= 4 is 39.8 Å². The van der Waals surface area contributed by atoms with Crippen molar-refractivity contribution in [1.29, 1.82) is 10.5 Å². The molecule has 2 aromatic heterocycles. The van der Waals surface area contributed by atoms with Gasteiger partial charge in [0.2, 0.25) is 5.91 Å². The first kappa shape index (κ1) is 26.4. The second-order valence-electron chi connectivity index (χ2n) is 10.0. The summed E-state index contributed by atoms with van der Waals surface area (Å²) in [5.74, 6) is -0.548. The fourth-order valence-corrected chi connectivity index (χ4v) is 4.21. The van der Waals surface area contributed by atoms with Crippen molar-refractivity contribution in [3.63, 3.8) is 0 Å². The number of carbonyl (C=O) groups excluding carboxylic acids is 1. The van der Waals surface area contributed by atoms with E-state index in [9.17, 15) is 15.3 Å². The number of carbonyl (C=O) groups is 1. The minimum absolute atomic E-state index is 0.0534. The average Bonchev–Trinajstić information content (AvgIpc) is 3.32. The summed E-state index contributed by atoms with van der Waals surface area (Å²) < 4.78 is 1.35. The molecule has 0 fully saturated rings. The van der Waals surface area contributed by atoms with Gasteiger partial charge < -0.3 is 16.4 Å². The van der Waals surface area contributed by atoms with Crippen molar-refractivity contribution < 1.29 is 4.79 Å². The lowest BCUT2D eigenvalue weighted by Gasteiger charge is -2.22. The van der Waals surface area contributed by atoms with Gasteiger partial charge in [0.15, 0.2) is 0 Å². The first-order valence-electron chi connectivity index (χ1n) is 11.8. The summed E-state index contributed by atoms with van der Waals surface area (Å²) in [7, 11) is 0. The molecule has 0 saturated heterocycles. The van der Waals surface area contributed by atoms with E-state index in [2.05, 4.69) is 58.8 Å². The molecule has 4 rings (SSSR count). The van der Waals surface area contributed by atoms with E-state index >= 15 is 0 Å². The molecule has 1 unspecified atom stereocenters. The quantitative estimate of drug-likeness (QED) is 0.304. The molecule has 0 spiro atoms. The van der Waals surface area contributed by atoms with Gasteiger partial charge in [-0.1, -0.05) is 55.8 Å². The third kappa shape index (κ3) is 5.83. The standard InChI is InChI=1S/C27H26ClN9O/c1-27(2,3)15-33-25-17(11-30)12-32-24-16(10-29)8-18(9-20(24)25)34-26(19-6-4-5-7-21(19)28)22-13-37(36-35-22)14-23(31)38/h4-9,12-13,26,34H,14-15H2,1-3H3,(H2,31,38)(H,32,33). The van der Waals surface area contributed by atoms with E-state index in [0.29, 0.717) is 56.2 Å². The number of fused-ring (bicyclic) bond motifs is 1. The zero-order chi connectivity index (χ0) is 27.4. The largest absolute Gasteiger partial charge is 0.383 e. The number of nitrogens with zero attached hydrogens (tertiary/aromatic N) is 6. The highest BCUT2D eigenvalue weighted by molar-refractivity contribution is 6.31. The molecule has 11 heteroatoms. The Hall–Kier alpha value is -4.67. The number of nitriles is 2. The van der Waals surface area contributed by atoms with Crippen LogP contribution < -0.4 is 16.4 Å². The van der Waals surface area contributed by atoms with Crippen LogP contribution in [0.15, 0.2) is 48.8 Å². The third-order valence-corrected chi connectivity index (χ3v) is 6.05.